The minimum absolute atomic E-state index is 0.196. The van der Waals surface area contributed by atoms with Crippen LogP contribution in [-0.2, 0) is 24.3 Å². The molecule has 0 radical (unpaired) electrons. The molecule has 138 valence electrons. The molecule has 1 aliphatic rings. The molecule has 2 heterocycles. The Kier molecular flexibility index (Phi) is 4.58. The number of hydrogen-bond acceptors (Lipinski definition) is 4. The van der Waals surface area contributed by atoms with E-state index < -0.39 is 17.7 Å². The normalized spacial score (nSPS) is 13.3. The largest absolute Gasteiger partial charge is 0.445 e. The number of nitrogens with zero attached hydrogens (tertiary/aromatic N) is 2. The maximum atomic E-state index is 13.4. The lowest BCUT2D eigenvalue weighted by Gasteiger charge is -2.24. The summed E-state index contributed by atoms with van der Waals surface area (Å²) in [6.07, 6.45) is 0.0498. The zero-order valence-electron chi connectivity index (χ0n) is 14.3. The van der Waals surface area contributed by atoms with Crippen LogP contribution in [0.15, 0.2) is 52.9 Å². The molecule has 4 rings (SSSR count). The fraction of sp³-hybridized carbons (Fsp3) is 0.200. The minimum atomic E-state index is -0.963. The summed E-state index contributed by atoms with van der Waals surface area (Å²) >= 11 is 0. The standard InChI is InChI=1S/C20H16F2N2O3/c21-15-7-6-14(10-16(15)22)19-23-17-11-24(9-8-18(17)27-19)20(25)26-12-13-4-2-1-3-5-13/h1-7,10H,8-9,11-12H2. The number of halogens is 2. The Labute approximate surface area is 154 Å². The Morgan fingerprint density at radius 2 is 1.96 bits per heavy atom. The lowest BCUT2D eigenvalue weighted by molar-refractivity contribution is 0.0904. The fourth-order valence-corrected chi connectivity index (χ4v) is 2.92. The topological polar surface area (TPSA) is 55.6 Å². The highest BCUT2D eigenvalue weighted by molar-refractivity contribution is 5.68. The van der Waals surface area contributed by atoms with Gasteiger partial charge in [-0.05, 0) is 23.8 Å². The lowest BCUT2D eigenvalue weighted by atomic mass is 10.2. The van der Waals surface area contributed by atoms with Crippen LogP contribution in [0.3, 0.4) is 0 Å². The third-order valence-electron chi connectivity index (χ3n) is 4.36. The SMILES string of the molecule is O=C(OCc1ccccc1)N1CCc2oc(-c3ccc(F)c(F)c3)nc2C1. The van der Waals surface area contributed by atoms with Crippen LogP contribution >= 0.6 is 0 Å². The van der Waals surface area contributed by atoms with Crippen molar-refractivity contribution in [1.29, 1.82) is 0 Å². The molecule has 5 nitrogen and oxygen atoms in total. The van der Waals surface area contributed by atoms with Crippen molar-refractivity contribution in [2.75, 3.05) is 6.54 Å². The van der Waals surface area contributed by atoms with E-state index in [-0.39, 0.29) is 19.0 Å². The predicted octanol–water partition coefficient (Wildman–Crippen LogP) is 4.31. The maximum absolute atomic E-state index is 13.4. The quantitative estimate of drug-likeness (QED) is 0.689. The highest BCUT2D eigenvalue weighted by Gasteiger charge is 2.27. The highest BCUT2D eigenvalue weighted by Crippen LogP contribution is 2.27. The van der Waals surface area contributed by atoms with Crippen molar-refractivity contribution in [2.45, 2.75) is 19.6 Å². The van der Waals surface area contributed by atoms with Gasteiger partial charge >= 0.3 is 6.09 Å². The van der Waals surface area contributed by atoms with Gasteiger partial charge in [0.15, 0.2) is 11.6 Å². The molecular weight excluding hydrogens is 354 g/mol. The molecule has 27 heavy (non-hydrogen) atoms. The fourth-order valence-electron chi connectivity index (χ4n) is 2.92. The number of aromatic nitrogens is 1. The highest BCUT2D eigenvalue weighted by atomic mass is 19.2. The zero-order chi connectivity index (χ0) is 18.8. The molecule has 0 N–H and O–H groups in total. The Hall–Kier alpha value is -3.22. The van der Waals surface area contributed by atoms with Crippen LogP contribution in [0.5, 0.6) is 0 Å². The smallest absolute Gasteiger partial charge is 0.410 e. The van der Waals surface area contributed by atoms with E-state index in [2.05, 4.69) is 4.98 Å². The van der Waals surface area contributed by atoms with E-state index >= 15 is 0 Å². The van der Waals surface area contributed by atoms with Gasteiger partial charge in [0.25, 0.3) is 0 Å². The Balaban J connectivity index is 1.44. The first-order valence-corrected chi connectivity index (χ1v) is 8.50. The average molecular weight is 370 g/mol. The summed E-state index contributed by atoms with van der Waals surface area (Å²) in [6.45, 7) is 0.880. The van der Waals surface area contributed by atoms with Crippen molar-refractivity contribution in [3.05, 3.63) is 77.2 Å². The van der Waals surface area contributed by atoms with E-state index in [1.165, 1.54) is 6.07 Å². The molecule has 0 saturated carbocycles. The molecule has 0 unspecified atom stereocenters. The molecule has 1 aliphatic heterocycles. The number of fused-ring (bicyclic) bond motifs is 1. The second-order valence-electron chi connectivity index (χ2n) is 6.23. The van der Waals surface area contributed by atoms with Gasteiger partial charge in [0.05, 0.1) is 6.54 Å². The van der Waals surface area contributed by atoms with Gasteiger partial charge in [-0.25, -0.2) is 18.6 Å². The Bertz CT molecular complexity index is 973. The summed E-state index contributed by atoms with van der Waals surface area (Å²) < 4.78 is 37.5. The average Bonchev–Trinajstić information content (AvgIpc) is 3.12. The molecule has 1 amide bonds. The van der Waals surface area contributed by atoms with Gasteiger partial charge in [-0.1, -0.05) is 30.3 Å². The van der Waals surface area contributed by atoms with Crippen LogP contribution in [0.25, 0.3) is 11.5 Å². The molecule has 7 heteroatoms. The van der Waals surface area contributed by atoms with Crippen molar-refractivity contribution in [1.82, 2.24) is 9.88 Å². The van der Waals surface area contributed by atoms with E-state index in [9.17, 15) is 13.6 Å². The molecule has 2 aromatic carbocycles. The molecule has 3 aromatic rings. The number of carbonyl (C=O) groups is 1. The first-order valence-electron chi connectivity index (χ1n) is 8.50. The van der Waals surface area contributed by atoms with Crippen LogP contribution in [0.4, 0.5) is 13.6 Å². The minimum Gasteiger partial charge on any atom is -0.445 e. The van der Waals surface area contributed by atoms with Gasteiger partial charge < -0.3 is 14.1 Å². The number of benzene rings is 2. The summed E-state index contributed by atoms with van der Waals surface area (Å²) in [5, 5.41) is 0. The molecule has 0 bridgehead atoms. The van der Waals surface area contributed by atoms with Gasteiger partial charge in [0.2, 0.25) is 5.89 Å². The van der Waals surface area contributed by atoms with Crippen molar-refractivity contribution in [2.24, 2.45) is 0 Å². The van der Waals surface area contributed by atoms with Crippen LogP contribution in [0.1, 0.15) is 17.0 Å². The molecule has 0 atom stereocenters. The summed E-state index contributed by atoms with van der Waals surface area (Å²) in [5.41, 5.74) is 1.85. The number of oxazole rings is 1. The van der Waals surface area contributed by atoms with Crippen molar-refractivity contribution >= 4 is 6.09 Å². The first-order chi connectivity index (χ1) is 13.1. The number of ether oxygens (including phenoxy) is 1. The van der Waals surface area contributed by atoms with Gasteiger partial charge in [-0.3, -0.25) is 0 Å². The second kappa shape index (κ2) is 7.19. The van der Waals surface area contributed by atoms with Crippen LogP contribution < -0.4 is 0 Å². The van der Waals surface area contributed by atoms with Gasteiger partial charge in [0.1, 0.15) is 18.1 Å². The third kappa shape index (κ3) is 3.67. The van der Waals surface area contributed by atoms with Crippen molar-refractivity contribution in [3.63, 3.8) is 0 Å². The summed E-state index contributed by atoms with van der Waals surface area (Å²) in [4.78, 5) is 18.2. The molecule has 1 aromatic heterocycles. The van der Waals surface area contributed by atoms with E-state index in [4.69, 9.17) is 9.15 Å². The van der Waals surface area contributed by atoms with Crippen molar-refractivity contribution < 1.29 is 22.7 Å². The van der Waals surface area contributed by atoms with E-state index in [1.807, 2.05) is 30.3 Å². The van der Waals surface area contributed by atoms with Crippen molar-refractivity contribution in [3.8, 4) is 11.5 Å². The van der Waals surface area contributed by atoms with E-state index in [0.717, 1.165) is 17.7 Å². The third-order valence-corrected chi connectivity index (χ3v) is 4.36. The predicted molar refractivity (Wildman–Crippen MR) is 92.6 cm³/mol. The molecule has 0 saturated heterocycles. The molecule has 0 spiro atoms. The molecule has 0 fully saturated rings. The maximum Gasteiger partial charge on any atom is 0.410 e. The number of rotatable bonds is 3. The molecule has 0 aliphatic carbocycles. The lowest BCUT2D eigenvalue weighted by Crippen LogP contribution is -2.36. The summed E-state index contributed by atoms with van der Waals surface area (Å²) in [6, 6.07) is 12.9. The summed E-state index contributed by atoms with van der Waals surface area (Å²) in [5.74, 6) is -1.04. The second-order valence-corrected chi connectivity index (χ2v) is 6.23. The van der Waals surface area contributed by atoms with E-state index in [0.29, 0.717) is 30.0 Å². The molecular formula is C20H16F2N2O3. The zero-order valence-corrected chi connectivity index (χ0v) is 14.3. The monoisotopic (exact) mass is 370 g/mol. The number of amides is 1. The summed E-state index contributed by atoms with van der Waals surface area (Å²) in [7, 11) is 0. The Morgan fingerprint density at radius 1 is 1.15 bits per heavy atom. The van der Waals surface area contributed by atoms with Crippen LogP contribution in [-0.4, -0.2) is 22.5 Å². The number of carbonyl (C=O) groups excluding carboxylic acids is 1. The first kappa shape index (κ1) is 17.2. The van der Waals surface area contributed by atoms with Gasteiger partial charge in [-0.2, -0.15) is 0 Å². The van der Waals surface area contributed by atoms with Gasteiger partial charge in [-0.15, -0.1) is 0 Å². The van der Waals surface area contributed by atoms with Crippen LogP contribution in [0.2, 0.25) is 0 Å². The van der Waals surface area contributed by atoms with Gasteiger partial charge in [0, 0.05) is 18.5 Å². The van der Waals surface area contributed by atoms with E-state index in [1.54, 1.807) is 4.90 Å². The van der Waals surface area contributed by atoms with Crippen LogP contribution in [0, 0.1) is 11.6 Å². The Morgan fingerprint density at radius 3 is 2.74 bits per heavy atom. The number of hydrogen-bond donors (Lipinski definition) is 0.